The van der Waals surface area contributed by atoms with E-state index < -0.39 is 11.7 Å². The summed E-state index contributed by atoms with van der Waals surface area (Å²) in [5.41, 5.74) is 3.88. The largest absolute Gasteiger partial charge is 0.416 e. The highest BCUT2D eigenvalue weighted by Crippen LogP contribution is 2.36. The van der Waals surface area contributed by atoms with Gasteiger partial charge in [-0.1, -0.05) is 24.3 Å². The molecule has 1 amide bonds. The van der Waals surface area contributed by atoms with Gasteiger partial charge in [0, 0.05) is 18.3 Å². The molecule has 0 spiro atoms. The predicted molar refractivity (Wildman–Crippen MR) is 106 cm³/mol. The van der Waals surface area contributed by atoms with Crippen LogP contribution in [0.4, 0.5) is 18.9 Å². The second-order valence-electron chi connectivity index (χ2n) is 7.04. The van der Waals surface area contributed by atoms with Crippen molar-refractivity contribution < 1.29 is 18.0 Å². The third-order valence-electron chi connectivity index (χ3n) is 5.17. The maximum atomic E-state index is 12.8. The normalized spacial score (nSPS) is 13.1. The van der Waals surface area contributed by atoms with Crippen LogP contribution in [-0.2, 0) is 23.8 Å². The minimum atomic E-state index is -4.40. The molecule has 0 aliphatic carbocycles. The summed E-state index contributed by atoms with van der Waals surface area (Å²) in [6.07, 6.45) is -0.348. The molecule has 0 atom stereocenters. The van der Waals surface area contributed by atoms with Gasteiger partial charge in [-0.2, -0.15) is 18.4 Å². The van der Waals surface area contributed by atoms with E-state index in [2.05, 4.69) is 11.1 Å². The van der Waals surface area contributed by atoms with Crippen molar-refractivity contribution in [2.24, 2.45) is 0 Å². The van der Waals surface area contributed by atoms with E-state index in [-0.39, 0.29) is 12.3 Å². The molecule has 1 aromatic heterocycles. The molecule has 0 saturated heterocycles. The maximum absolute atomic E-state index is 12.8. The lowest BCUT2D eigenvalue weighted by atomic mass is 9.99. The SMILES string of the molecule is N#Cc1ccc(-c2cncc3c2CCN3C(=O)Cc2ccc(C(F)(F)F)cc2)cc1. The van der Waals surface area contributed by atoms with Gasteiger partial charge in [0.2, 0.25) is 5.91 Å². The summed E-state index contributed by atoms with van der Waals surface area (Å²) < 4.78 is 38.1. The number of amides is 1. The molecule has 7 heteroatoms. The van der Waals surface area contributed by atoms with E-state index in [9.17, 15) is 18.0 Å². The molecule has 1 aliphatic heterocycles. The number of hydrogen-bond acceptors (Lipinski definition) is 3. The van der Waals surface area contributed by atoms with E-state index in [0.717, 1.165) is 28.8 Å². The van der Waals surface area contributed by atoms with Gasteiger partial charge in [-0.25, -0.2) is 0 Å². The Kier molecular flexibility index (Phi) is 5.00. The third kappa shape index (κ3) is 3.77. The molecule has 4 nitrogen and oxygen atoms in total. The zero-order valence-corrected chi connectivity index (χ0v) is 15.8. The van der Waals surface area contributed by atoms with Gasteiger partial charge in [-0.3, -0.25) is 9.78 Å². The van der Waals surface area contributed by atoms with Crippen LogP contribution in [0.1, 0.15) is 22.3 Å². The fourth-order valence-corrected chi connectivity index (χ4v) is 3.63. The second kappa shape index (κ2) is 7.64. The lowest BCUT2D eigenvalue weighted by Gasteiger charge is -2.18. The lowest BCUT2D eigenvalue weighted by Crippen LogP contribution is -2.30. The number of halogens is 3. The molecule has 0 saturated carbocycles. The van der Waals surface area contributed by atoms with Gasteiger partial charge < -0.3 is 4.90 Å². The van der Waals surface area contributed by atoms with Crippen LogP contribution in [0.15, 0.2) is 60.9 Å². The lowest BCUT2D eigenvalue weighted by molar-refractivity contribution is -0.137. The number of hydrogen-bond donors (Lipinski definition) is 0. The van der Waals surface area contributed by atoms with E-state index in [0.29, 0.717) is 29.8 Å². The number of fused-ring (bicyclic) bond motifs is 1. The van der Waals surface area contributed by atoms with Crippen LogP contribution >= 0.6 is 0 Å². The molecule has 0 unspecified atom stereocenters. The molecule has 2 heterocycles. The van der Waals surface area contributed by atoms with E-state index in [1.54, 1.807) is 29.4 Å². The van der Waals surface area contributed by atoms with Crippen molar-refractivity contribution in [3.05, 3.63) is 83.2 Å². The summed E-state index contributed by atoms with van der Waals surface area (Å²) in [7, 11) is 0. The molecule has 4 rings (SSSR count). The molecule has 1 aliphatic rings. The molecule has 0 bridgehead atoms. The quantitative estimate of drug-likeness (QED) is 0.628. The Bertz CT molecular complexity index is 1130. The molecule has 2 aromatic carbocycles. The first-order valence-electron chi connectivity index (χ1n) is 9.31. The number of nitrogens with zero attached hydrogens (tertiary/aromatic N) is 3. The number of carbonyl (C=O) groups excluding carboxylic acids is 1. The zero-order valence-electron chi connectivity index (χ0n) is 15.8. The topological polar surface area (TPSA) is 57.0 Å². The van der Waals surface area contributed by atoms with Crippen molar-refractivity contribution >= 4 is 11.6 Å². The highest BCUT2D eigenvalue weighted by Gasteiger charge is 2.31. The van der Waals surface area contributed by atoms with Crippen LogP contribution in [0.2, 0.25) is 0 Å². The summed E-state index contributed by atoms with van der Waals surface area (Å²) in [5.74, 6) is -0.188. The molecule has 0 radical (unpaired) electrons. The van der Waals surface area contributed by atoms with E-state index in [1.807, 2.05) is 12.1 Å². The summed E-state index contributed by atoms with van der Waals surface area (Å²) in [6, 6.07) is 13.9. The Labute approximate surface area is 171 Å². The summed E-state index contributed by atoms with van der Waals surface area (Å²) in [5, 5.41) is 8.96. The van der Waals surface area contributed by atoms with Crippen molar-refractivity contribution in [1.29, 1.82) is 5.26 Å². The smallest absolute Gasteiger partial charge is 0.310 e. The monoisotopic (exact) mass is 407 g/mol. The maximum Gasteiger partial charge on any atom is 0.416 e. The molecule has 150 valence electrons. The second-order valence-corrected chi connectivity index (χ2v) is 7.04. The Morgan fingerprint density at radius 2 is 1.77 bits per heavy atom. The van der Waals surface area contributed by atoms with Crippen molar-refractivity contribution in [2.75, 3.05) is 11.4 Å². The van der Waals surface area contributed by atoms with Gasteiger partial charge in [0.25, 0.3) is 0 Å². The third-order valence-corrected chi connectivity index (χ3v) is 5.17. The van der Waals surface area contributed by atoms with Crippen molar-refractivity contribution in [2.45, 2.75) is 19.0 Å². The van der Waals surface area contributed by atoms with Crippen LogP contribution in [-0.4, -0.2) is 17.4 Å². The van der Waals surface area contributed by atoms with Crippen molar-refractivity contribution in [1.82, 2.24) is 4.98 Å². The number of benzene rings is 2. The minimum absolute atomic E-state index is 0.0126. The number of alkyl halides is 3. The van der Waals surface area contributed by atoms with E-state index in [1.165, 1.54) is 12.1 Å². The van der Waals surface area contributed by atoms with E-state index >= 15 is 0 Å². The van der Waals surface area contributed by atoms with Gasteiger partial charge in [-0.05, 0) is 47.4 Å². The molecule has 0 N–H and O–H groups in total. The van der Waals surface area contributed by atoms with Crippen LogP contribution < -0.4 is 4.90 Å². The summed E-state index contributed by atoms with van der Waals surface area (Å²) >= 11 is 0. The first-order chi connectivity index (χ1) is 14.4. The highest BCUT2D eigenvalue weighted by atomic mass is 19.4. The van der Waals surface area contributed by atoms with Crippen molar-refractivity contribution in [3.8, 4) is 17.2 Å². The predicted octanol–water partition coefficient (Wildman–Crippen LogP) is 4.77. The van der Waals surface area contributed by atoms with Gasteiger partial charge in [-0.15, -0.1) is 0 Å². The minimum Gasteiger partial charge on any atom is -0.310 e. The highest BCUT2D eigenvalue weighted by molar-refractivity contribution is 5.97. The Morgan fingerprint density at radius 1 is 1.07 bits per heavy atom. The number of nitriles is 1. The first kappa shape index (κ1) is 19.6. The van der Waals surface area contributed by atoms with Crippen LogP contribution in [0.5, 0.6) is 0 Å². The first-order valence-corrected chi connectivity index (χ1v) is 9.31. The van der Waals surface area contributed by atoms with Crippen molar-refractivity contribution in [3.63, 3.8) is 0 Å². The number of anilines is 1. The molecule has 30 heavy (non-hydrogen) atoms. The Hall–Kier alpha value is -3.66. The van der Waals surface area contributed by atoms with Gasteiger partial charge in [0.1, 0.15) is 0 Å². The number of aromatic nitrogens is 1. The van der Waals surface area contributed by atoms with Crippen LogP contribution in [0, 0.1) is 11.3 Å². The molecular formula is C23H16F3N3O. The fourth-order valence-electron chi connectivity index (χ4n) is 3.63. The average molecular weight is 407 g/mol. The van der Waals surface area contributed by atoms with Crippen LogP contribution in [0.3, 0.4) is 0 Å². The summed E-state index contributed by atoms with van der Waals surface area (Å²) in [6.45, 7) is 0.490. The number of carbonyl (C=O) groups is 1. The molecule has 0 fully saturated rings. The standard InChI is InChI=1S/C23H16F3N3O/c24-23(25,26)18-7-3-15(4-8-18)11-22(30)29-10-9-19-20(13-28-14-21(19)29)17-5-1-16(12-27)2-6-17/h1-8,13-14H,9-11H2. The molecular weight excluding hydrogens is 391 g/mol. The van der Waals surface area contributed by atoms with Gasteiger partial charge >= 0.3 is 6.18 Å². The Morgan fingerprint density at radius 3 is 2.40 bits per heavy atom. The average Bonchev–Trinajstić information content (AvgIpc) is 3.18. The number of pyridine rings is 1. The fraction of sp³-hybridized carbons (Fsp3) is 0.174. The van der Waals surface area contributed by atoms with E-state index in [4.69, 9.17) is 5.26 Å². The summed E-state index contributed by atoms with van der Waals surface area (Å²) in [4.78, 5) is 18.7. The zero-order chi connectivity index (χ0) is 21.3. The van der Waals surface area contributed by atoms with Gasteiger partial charge in [0.05, 0.1) is 35.5 Å². The van der Waals surface area contributed by atoms with Gasteiger partial charge in [0.15, 0.2) is 0 Å². The van der Waals surface area contributed by atoms with Crippen LogP contribution in [0.25, 0.3) is 11.1 Å². The Balaban J connectivity index is 1.56. The number of rotatable bonds is 3. The molecule has 3 aromatic rings.